The molecule has 0 aromatic carbocycles. The molecular formula is C26H50O5Si. The lowest BCUT2D eigenvalue weighted by Crippen LogP contribution is -2.67. The minimum atomic E-state index is -2.70. The maximum absolute atomic E-state index is 11.8. The van der Waals surface area contributed by atoms with Crippen LogP contribution in [0.15, 0.2) is 0 Å². The van der Waals surface area contributed by atoms with E-state index in [-0.39, 0.29) is 52.4 Å². The molecule has 0 amide bonds. The lowest BCUT2D eigenvalue weighted by atomic mass is 9.82. The number of methoxy groups -OCH3 is 1. The van der Waals surface area contributed by atoms with E-state index in [0.29, 0.717) is 5.92 Å². The SMILES string of the molecule is CO[C@H]1C[C@H](CC[C@H](C)[C@@H]2O[Si](C(C)(C)C)(C(C)(C)C)O[C@@H]([C@H](C)C=O)[C@H]2C)O[C@@H](C)C1. The molecule has 2 aliphatic rings. The highest BCUT2D eigenvalue weighted by atomic mass is 28.4. The molecule has 0 aliphatic carbocycles. The maximum Gasteiger partial charge on any atom is 0.349 e. The average molecular weight is 471 g/mol. The highest BCUT2D eigenvalue weighted by Crippen LogP contribution is 2.57. The standard InChI is InChI=1S/C26H50O5Si/c1-17(12-13-21-15-22(28-11)14-19(3)29-21)23-20(4)24(18(2)16-27)31-32(30-23,25(5,6)7)26(8,9)10/h16-24H,12-15H2,1-11H3/t17-,18+,19-,20-,21-,22+,23-,24-/m0/s1. The molecule has 2 heterocycles. The Labute approximate surface area is 198 Å². The summed E-state index contributed by atoms with van der Waals surface area (Å²) < 4.78 is 25.9. The molecule has 32 heavy (non-hydrogen) atoms. The summed E-state index contributed by atoms with van der Waals surface area (Å²) in [7, 11) is -0.899. The van der Waals surface area contributed by atoms with Crippen LogP contribution in [0.2, 0.25) is 10.1 Å². The third kappa shape index (κ3) is 5.86. The quantitative estimate of drug-likeness (QED) is 0.324. The molecule has 0 spiro atoms. The molecule has 0 aromatic rings. The summed E-state index contributed by atoms with van der Waals surface area (Å²) in [5.74, 6) is 0.368. The summed E-state index contributed by atoms with van der Waals surface area (Å²) in [6.45, 7) is 22.1. The van der Waals surface area contributed by atoms with Crippen molar-refractivity contribution >= 4 is 14.8 Å². The van der Waals surface area contributed by atoms with Gasteiger partial charge in [0.1, 0.15) is 6.29 Å². The number of hydrogen-bond acceptors (Lipinski definition) is 5. The second kappa shape index (κ2) is 10.6. The van der Waals surface area contributed by atoms with Crippen LogP contribution in [0.5, 0.6) is 0 Å². The van der Waals surface area contributed by atoms with E-state index in [2.05, 4.69) is 62.3 Å². The van der Waals surface area contributed by atoms with Crippen molar-refractivity contribution in [3.63, 3.8) is 0 Å². The highest BCUT2D eigenvalue weighted by Gasteiger charge is 2.64. The second-order valence-electron chi connectivity index (χ2n) is 12.6. The van der Waals surface area contributed by atoms with Gasteiger partial charge in [0.15, 0.2) is 0 Å². The van der Waals surface area contributed by atoms with Gasteiger partial charge in [0.05, 0.1) is 30.5 Å². The number of carbonyl (C=O) groups excluding carboxylic acids is 1. The van der Waals surface area contributed by atoms with Gasteiger partial charge >= 0.3 is 8.56 Å². The molecule has 0 unspecified atom stereocenters. The Bertz CT molecular complexity index is 596. The summed E-state index contributed by atoms with van der Waals surface area (Å²) in [6.07, 6.45) is 5.76. The molecule has 2 saturated heterocycles. The summed E-state index contributed by atoms with van der Waals surface area (Å²) >= 11 is 0. The zero-order valence-corrected chi connectivity index (χ0v) is 23.6. The molecule has 2 rings (SSSR count). The number of aldehydes is 1. The third-order valence-corrected chi connectivity index (χ3v) is 12.9. The topological polar surface area (TPSA) is 54.0 Å². The molecule has 188 valence electrons. The van der Waals surface area contributed by atoms with Gasteiger partial charge < -0.3 is 23.1 Å². The van der Waals surface area contributed by atoms with E-state index in [1.807, 2.05) is 6.92 Å². The first kappa shape index (κ1) is 28.0. The number of carbonyl (C=O) groups is 1. The molecule has 0 radical (unpaired) electrons. The zero-order valence-electron chi connectivity index (χ0n) is 22.6. The molecule has 0 saturated carbocycles. The van der Waals surface area contributed by atoms with Crippen molar-refractivity contribution in [1.82, 2.24) is 0 Å². The van der Waals surface area contributed by atoms with Crippen molar-refractivity contribution in [2.45, 2.75) is 136 Å². The summed E-state index contributed by atoms with van der Waals surface area (Å²) in [5.41, 5.74) is 0. The summed E-state index contributed by atoms with van der Waals surface area (Å²) in [4.78, 5) is 11.8. The van der Waals surface area contributed by atoms with Gasteiger partial charge in [-0.25, -0.2) is 0 Å². The first-order valence-corrected chi connectivity index (χ1v) is 14.5. The molecule has 0 N–H and O–H groups in total. The van der Waals surface area contributed by atoms with Gasteiger partial charge in [-0.1, -0.05) is 62.3 Å². The smallest absolute Gasteiger partial charge is 0.349 e. The molecule has 6 heteroatoms. The molecule has 0 bridgehead atoms. The fourth-order valence-electron chi connectivity index (χ4n) is 6.13. The Morgan fingerprint density at radius 3 is 2.06 bits per heavy atom. The van der Waals surface area contributed by atoms with Gasteiger partial charge in [-0.2, -0.15) is 0 Å². The lowest BCUT2D eigenvalue weighted by Gasteiger charge is -2.58. The second-order valence-corrected chi connectivity index (χ2v) is 17.3. The molecule has 0 aromatic heterocycles. The van der Waals surface area contributed by atoms with Crippen molar-refractivity contribution in [3.05, 3.63) is 0 Å². The van der Waals surface area contributed by atoms with Gasteiger partial charge in [-0.15, -0.1) is 0 Å². The number of hydrogen-bond donors (Lipinski definition) is 0. The zero-order chi connectivity index (χ0) is 24.5. The van der Waals surface area contributed by atoms with Gasteiger partial charge in [0.25, 0.3) is 0 Å². The van der Waals surface area contributed by atoms with Crippen molar-refractivity contribution < 1.29 is 23.1 Å². The molecular weight excluding hydrogens is 420 g/mol. The monoisotopic (exact) mass is 470 g/mol. The minimum absolute atomic E-state index is 0.0699. The van der Waals surface area contributed by atoms with Crippen molar-refractivity contribution in [1.29, 1.82) is 0 Å². The van der Waals surface area contributed by atoms with E-state index in [9.17, 15) is 4.79 Å². The summed E-state index contributed by atoms with van der Waals surface area (Å²) in [5, 5.41) is -0.227. The Balaban J connectivity index is 2.26. The molecule has 5 nitrogen and oxygen atoms in total. The van der Waals surface area contributed by atoms with Gasteiger partial charge in [0.2, 0.25) is 0 Å². The minimum Gasteiger partial charge on any atom is -0.390 e. The lowest BCUT2D eigenvalue weighted by molar-refractivity contribution is -0.128. The number of ether oxygens (including phenoxy) is 2. The Morgan fingerprint density at radius 1 is 1.00 bits per heavy atom. The van der Waals surface area contributed by atoms with E-state index < -0.39 is 8.56 Å². The van der Waals surface area contributed by atoms with E-state index >= 15 is 0 Å². The first-order chi connectivity index (χ1) is 14.7. The van der Waals surface area contributed by atoms with Crippen molar-refractivity contribution in [2.24, 2.45) is 17.8 Å². The van der Waals surface area contributed by atoms with E-state index in [4.69, 9.17) is 18.3 Å². The normalized spacial score (nSPS) is 35.8. The van der Waals surface area contributed by atoms with Crippen LogP contribution in [0.3, 0.4) is 0 Å². The van der Waals surface area contributed by atoms with Crippen LogP contribution in [-0.2, 0) is 23.1 Å². The predicted molar refractivity (Wildman–Crippen MR) is 132 cm³/mol. The third-order valence-electron chi connectivity index (χ3n) is 7.73. The van der Waals surface area contributed by atoms with Crippen LogP contribution in [0, 0.1) is 17.8 Å². The molecule has 2 fully saturated rings. The fraction of sp³-hybridized carbons (Fsp3) is 0.962. The van der Waals surface area contributed by atoms with E-state index in [1.165, 1.54) is 0 Å². The van der Waals surface area contributed by atoms with Crippen molar-refractivity contribution in [3.8, 4) is 0 Å². The number of rotatable bonds is 7. The Hall–Kier alpha value is -0.273. The van der Waals surface area contributed by atoms with E-state index in [1.54, 1.807) is 7.11 Å². The molecule has 8 atom stereocenters. The van der Waals surface area contributed by atoms with Crippen molar-refractivity contribution in [2.75, 3.05) is 7.11 Å². The van der Waals surface area contributed by atoms with Crippen LogP contribution in [-0.4, -0.2) is 52.5 Å². The van der Waals surface area contributed by atoms with Crippen LogP contribution in [0.25, 0.3) is 0 Å². The predicted octanol–water partition coefficient (Wildman–Crippen LogP) is 6.28. The largest absolute Gasteiger partial charge is 0.390 e. The van der Waals surface area contributed by atoms with Gasteiger partial charge in [-0.3, -0.25) is 0 Å². The van der Waals surface area contributed by atoms with Crippen LogP contribution in [0.1, 0.15) is 94.9 Å². The maximum atomic E-state index is 11.8. The van der Waals surface area contributed by atoms with Crippen LogP contribution in [0.4, 0.5) is 0 Å². The van der Waals surface area contributed by atoms with Gasteiger partial charge in [0, 0.05) is 29.0 Å². The molecule has 2 aliphatic heterocycles. The Morgan fingerprint density at radius 2 is 1.56 bits per heavy atom. The van der Waals surface area contributed by atoms with Crippen LogP contribution >= 0.6 is 0 Å². The average Bonchev–Trinajstić information content (AvgIpc) is 2.69. The van der Waals surface area contributed by atoms with E-state index in [0.717, 1.165) is 32.0 Å². The van der Waals surface area contributed by atoms with Gasteiger partial charge in [-0.05, 0) is 38.5 Å². The Kier molecular flexibility index (Phi) is 9.22. The van der Waals surface area contributed by atoms with Crippen LogP contribution < -0.4 is 0 Å². The highest BCUT2D eigenvalue weighted by molar-refractivity contribution is 6.73. The fourth-order valence-corrected chi connectivity index (χ4v) is 11.5. The summed E-state index contributed by atoms with van der Waals surface area (Å²) in [6, 6.07) is 0. The first-order valence-electron chi connectivity index (χ1n) is 12.7.